The molecule has 4 rings (SSSR count). The number of ether oxygens (including phenoxy) is 1. The Balaban J connectivity index is 1.95. The van der Waals surface area contributed by atoms with Crippen molar-refractivity contribution in [1.29, 1.82) is 0 Å². The Kier molecular flexibility index (Phi) is 5.60. The number of nitrogens with zero attached hydrogens (tertiary/aromatic N) is 1. The third-order valence-corrected chi connectivity index (χ3v) is 6.46. The lowest BCUT2D eigenvalue weighted by Crippen LogP contribution is -2.41. The summed E-state index contributed by atoms with van der Waals surface area (Å²) in [6.45, 7) is 1.84. The fraction of sp³-hybridized carbons (Fsp3) is 0.304. The van der Waals surface area contributed by atoms with Gasteiger partial charge in [0.25, 0.3) is 0 Å². The predicted molar refractivity (Wildman–Crippen MR) is 115 cm³/mol. The molecule has 1 amide bonds. The molecule has 30 heavy (non-hydrogen) atoms. The number of carbonyl (C=O) groups excluding carboxylic acids is 2. The summed E-state index contributed by atoms with van der Waals surface area (Å²) in [4.78, 5) is 27.9. The van der Waals surface area contributed by atoms with Crippen molar-refractivity contribution in [3.8, 4) is 5.75 Å². The molecule has 0 spiro atoms. The highest BCUT2D eigenvalue weighted by Gasteiger charge is 2.42. The molecule has 156 valence electrons. The molecule has 0 radical (unpaired) electrons. The number of hydrogen-bond donors (Lipinski definition) is 0. The minimum atomic E-state index is -0.704. The highest BCUT2D eigenvalue weighted by molar-refractivity contribution is 6.32. The molecule has 0 saturated carbocycles. The summed E-state index contributed by atoms with van der Waals surface area (Å²) in [6.07, 6.45) is 1.45. The quantitative estimate of drug-likeness (QED) is 0.581. The van der Waals surface area contributed by atoms with Crippen LogP contribution in [-0.4, -0.2) is 18.8 Å². The van der Waals surface area contributed by atoms with Crippen molar-refractivity contribution in [2.24, 2.45) is 0 Å². The van der Waals surface area contributed by atoms with E-state index in [-0.39, 0.29) is 28.7 Å². The van der Waals surface area contributed by atoms with Crippen LogP contribution in [0.1, 0.15) is 42.7 Å². The maximum absolute atomic E-state index is 14.7. The van der Waals surface area contributed by atoms with E-state index in [9.17, 15) is 14.0 Å². The predicted octanol–water partition coefficient (Wildman–Crippen LogP) is 5.98. The van der Waals surface area contributed by atoms with Crippen molar-refractivity contribution in [3.63, 3.8) is 0 Å². The first kappa shape index (κ1) is 20.9. The summed E-state index contributed by atoms with van der Waals surface area (Å²) in [6, 6.07) is 7.83. The average molecular weight is 448 g/mol. The number of allylic oxidation sites excluding steroid dienone is 2. The zero-order valence-electron chi connectivity index (χ0n) is 16.6. The highest BCUT2D eigenvalue weighted by atomic mass is 35.5. The number of anilines is 1. The fourth-order valence-electron chi connectivity index (χ4n) is 4.35. The number of aryl methyl sites for hydroxylation is 1. The Morgan fingerprint density at radius 3 is 2.60 bits per heavy atom. The summed E-state index contributed by atoms with van der Waals surface area (Å²) in [5.74, 6) is -1.11. The fourth-order valence-corrected chi connectivity index (χ4v) is 4.80. The van der Waals surface area contributed by atoms with Crippen LogP contribution in [-0.2, 0) is 9.59 Å². The van der Waals surface area contributed by atoms with E-state index in [0.717, 1.165) is 5.56 Å². The Bertz CT molecular complexity index is 1080. The van der Waals surface area contributed by atoms with Gasteiger partial charge < -0.3 is 4.74 Å². The number of halogens is 3. The van der Waals surface area contributed by atoms with Crippen molar-refractivity contribution in [2.45, 2.75) is 38.5 Å². The number of rotatable bonds is 3. The standard InChI is InChI=1S/C23H20Cl2FNO3/c1-12-9-18(20(30-2)11-15(12)25)27-17-7-4-8-19(28)23(17)13(10-21(27)29)22-14(24)5-3-6-16(22)26/h3,5-6,9,11,13H,4,7-8,10H2,1-2H3. The number of amides is 1. The van der Waals surface area contributed by atoms with E-state index >= 15 is 0 Å². The van der Waals surface area contributed by atoms with Gasteiger partial charge in [0.1, 0.15) is 11.6 Å². The van der Waals surface area contributed by atoms with E-state index in [4.69, 9.17) is 27.9 Å². The number of Topliss-reactive ketones (excluding diaryl/α,β-unsaturated/α-hetero) is 1. The van der Waals surface area contributed by atoms with Crippen LogP contribution < -0.4 is 9.64 Å². The smallest absolute Gasteiger partial charge is 0.232 e. The Hall–Kier alpha value is -2.37. The van der Waals surface area contributed by atoms with E-state index < -0.39 is 11.7 Å². The Morgan fingerprint density at radius 2 is 1.90 bits per heavy atom. The zero-order chi connectivity index (χ0) is 21.6. The number of carbonyl (C=O) groups is 2. The summed E-state index contributed by atoms with van der Waals surface area (Å²) in [5, 5.41) is 0.733. The molecule has 1 heterocycles. The molecule has 1 aliphatic heterocycles. The van der Waals surface area contributed by atoms with Gasteiger partial charge >= 0.3 is 0 Å². The first-order valence-electron chi connectivity index (χ1n) is 9.70. The van der Waals surface area contributed by atoms with Crippen molar-refractivity contribution >= 4 is 40.6 Å². The monoisotopic (exact) mass is 447 g/mol. The molecule has 1 unspecified atom stereocenters. The molecule has 2 aromatic carbocycles. The third kappa shape index (κ3) is 3.40. The third-order valence-electron chi connectivity index (χ3n) is 5.72. The molecule has 0 aromatic heterocycles. The van der Waals surface area contributed by atoms with Gasteiger partial charge in [-0.2, -0.15) is 0 Å². The van der Waals surface area contributed by atoms with Crippen molar-refractivity contribution in [3.05, 3.63) is 68.6 Å². The van der Waals surface area contributed by atoms with Gasteiger partial charge in [0.05, 0.1) is 12.8 Å². The second kappa shape index (κ2) is 8.05. The average Bonchev–Trinajstić information content (AvgIpc) is 2.70. The van der Waals surface area contributed by atoms with Crippen molar-refractivity contribution in [2.75, 3.05) is 12.0 Å². The van der Waals surface area contributed by atoms with Gasteiger partial charge in [0.2, 0.25) is 5.91 Å². The first-order valence-corrected chi connectivity index (χ1v) is 10.5. The summed E-state index contributed by atoms with van der Waals surface area (Å²) in [7, 11) is 1.50. The minimum Gasteiger partial charge on any atom is -0.495 e. The molecule has 1 atom stereocenters. The molecule has 7 heteroatoms. The summed E-state index contributed by atoms with van der Waals surface area (Å²) >= 11 is 12.5. The van der Waals surface area contributed by atoms with Crippen LogP contribution in [0.25, 0.3) is 0 Å². The molecule has 4 nitrogen and oxygen atoms in total. The molecule has 0 saturated heterocycles. The maximum atomic E-state index is 14.7. The molecule has 0 bridgehead atoms. The van der Waals surface area contributed by atoms with Crippen molar-refractivity contribution < 1.29 is 18.7 Å². The maximum Gasteiger partial charge on any atom is 0.232 e. The molecule has 1 aliphatic carbocycles. The molecule has 0 fully saturated rings. The van der Waals surface area contributed by atoms with E-state index in [1.54, 1.807) is 23.1 Å². The minimum absolute atomic E-state index is 0.0595. The number of methoxy groups -OCH3 is 1. The van der Waals surface area contributed by atoms with Gasteiger partial charge in [-0.05, 0) is 43.5 Å². The second-order valence-electron chi connectivity index (χ2n) is 7.53. The van der Waals surface area contributed by atoms with Crippen LogP contribution >= 0.6 is 23.2 Å². The van der Waals surface area contributed by atoms with Gasteiger partial charge in [0, 0.05) is 51.7 Å². The Morgan fingerprint density at radius 1 is 1.13 bits per heavy atom. The lowest BCUT2D eigenvalue weighted by Gasteiger charge is -2.39. The lowest BCUT2D eigenvalue weighted by molar-refractivity contribution is -0.120. The van der Waals surface area contributed by atoms with Crippen LogP contribution in [0.5, 0.6) is 5.75 Å². The highest BCUT2D eigenvalue weighted by Crippen LogP contribution is 2.47. The topological polar surface area (TPSA) is 46.6 Å². The van der Waals surface area contributed by atoms with Crippen molar-refractivity contribution in [1.82, 2.24) is 0 Å². The summed E-state index contributed by atoms with van der Waals surface area (Å²) in [5.41, 5.74) is 2.57. The van der Waals surface area contributed by atoms with E-state index in [1.807, 2.05) is 6.92 Å². The lowest BCUT2D eigenvalue weighted by atomic mass is 9.77. The van der Waals surface area contributed by atoms with E-state index in [2.05, 4.69) is 0 Å². The van der Waals surface area contributed by atoms with E-state index in [0.29, 0.717) is 47.0 Å². The van der Waals surface area contributed by atoms with Crippen LogP contribution in [0.3, 0.4) is 0 Å². The van der Waals surface area contributed by atoms with Gasteiger partial charge in [-0.1, -0.05) is 29.3 Å². The first-order chi connectivity index (χ1) is 14.3. The van der Waals surface area contributed by atoms with Gasteiger partial charge in [-0.15, -0.1) is 0 Å². The van der Waals surface area contributed by atoms with Crippen LogP contribution in [0.2, 0.25) is 10.0 Å². The molecule has 0 N–H and O–H groups in total. The zero-order valence-corrected chi connectivity index (χ0v) is 18.1. The van der Waals surface area contributed by atoms with E-state index in [1.165, 1.54) is 19.2 Å². The second-order valence-corrected chi connectivity index (χ2v) is 8.35. The normalized spacial score (nSPS) is 19.2. The van der Waals surface area contributed by atoms with Crippen LogP contribution in [0, 0.1) is 12.7 Å². The Labute approximate surface area is 184 Å². The van der Waals surface area contributed by atoms with Crippen LogP contribution in [0.4, 0.5) is 10.1 Å². The van der Waals surface area contributed by atoms with Crippen LogP contribution in [0.15, 0.2) is 41.6 Å². The molecular weight excluding hydrogens is 428 g/mol. The largest absolute Gasteiger partial charge is 0.495 e. The summed E-state index contributed by atoms with van der Waals surface area (Å²) < 4.78 is 20.2. The SMILES string of the molecule is COc1cc(Cl)c(C)cc1N1C(=O)CC(c2c(F)cccc2Cl)C2=C1CCCC2=O. The number of ketones is 1. The van der Waals surface area contributed by atoms with Gasteiger partial charge in [-0.3, -0.25) is 14.5 Å². The molecular formula is C23H20Cl2FNO3. The molecule has 2 aromatic rings. The van der Waals surface area contributed by atoms with Gasteiger partial charge in [-0.25, -0.2) is 4.39 Å². The van der Waals surface area contributed by atoms with Gasteiger partial charge in [0.15, 0.2) is 5.78 Å². The molecule has 2 aliphatic rings. The number of benzene rings is 2. The number of hydrogen-bond acceptors (Lipinski definition) is 3.